The van der Waals surface area contributed by atoms with E-state index in [9.17, 15) is 4.39 Å². The van der Waals surface area contributed by atoms with Gasteiger partial charge in [0.05, 0.1) is 6.20 Å². The molecule has 0 atom stereocenters. The van der Waals surface area contributed by atoms with E-state index in [4.69, 9.17) is 4.42 Å². The predicted molar refractivity (Wildman–Crippen MR) is 64.1 cm³/mol. The lowest BCUT2D eigenvalue weighted by Crippen LogP contribution is -2.08. The number of benzene rings is 1. The van der Waals surface area contributed by atoms with Crippen LogP contribution in [0.5, 0.6) is 0 Å². The van der Waals surface area contributed by atoms with Gasteiger partial charge in [-0.15, -0.1) is 0 Å². The average molecular weight is 234 g/mol. The van der Waals surface area contributed by atoms with Crippen LogP contribution in [0.25, 0.3) is 11.3 Å². The molecule has 0 unspecified atom stereocenters. The Morgan fingerprint density at radius 2 is 2.29 bits per heavy atom. The van der Waals surface area contributed by atoms with Crippen LogP contribution in [0.3, 0.4) is 0 Å². The molecule has 0 fully saturated rings. The van der Waals surface area contributed by atoms with Gasteiger partial charge in [0.25, 0.3) is 0 Å². The first kappa shape index (κ1) is 11.8. The summed E-state index contributed by atoms with van der Waals surface area (Å²) in [5, 5.41) is 3.06. The highest BCUT2D eigenvalue weighted by Gasteiger charge is 2.06. The van der Waals surface area contributed by atoms with Crippen molar-refractivity contribution in [2.75, 3.05) is 13.6 Å². The number of rotatable bonds is 5. The molecule has 17 heavy (non-hydrogen) atoms. The first-order valence-electron chi connectivity index (χ1n) is 5.65. The SMILES string of the molecule is CNCCCc1ncc(-c2cccc(F)c2)o1. The van der Waals surface area contributed by atoms with E-state index in [0.29, 0.717) is 11.7 Å². The third-order valence-electron chi connectivity index (χ3n) is 2.48. The lowest BCUT2D eigenvalue weighted by Gasteiger charge is -1.97. The van der Waals surface area contributed by atoms with Gasteiger partial charge in [0.2, 0.25) is 0 Å². The van der Waals surface area contributed by atoms with Gasteiger partial charge in [-0.3, -0.25) is 0 Å². The van der Waals surface area contributed by atoms with Crippen molar-refractivity contribution in [1.82, 2.24) is 10.3 Å². The van der Waals surface area contributed by atoms with Crippen molar-refractivity contribution in [3.05, 3.63) is 42.2 Å². The van der Waals surface area contributed by atoms with Crippen LogP contribution < -0.4 is 5.32 Å². The van der Waals surface area contributed by atoms with E-state index in [-0.39, 0.29) is 5.82 Å². The molecule has 0 saturated carbocycles. The molecule has 1 aromatic heterocycles. The van der Waals surface area contributed by atoms with Crippen molar-refractivity contribution < 1.29 is 8.81 Å². The normalized spacial score (nSPS) is 10.7. The Hall–Kier alpha value is -1.68. The molecule has 3 nitrogen and oxygen atoms in total. The fraction of sp³-hybridized carbons (Fsp3) is 0.308. The molecule has 1 aromatic carbocycles. The predicted octanol–water partition coefficient (Wildman–Crippen LogP) is 2.63. The Morgan fingerprint density at radius 3 is 3.06 bits per heavy atom. The molecule has 0 spiro atoms. The molecule has 0 aliphatic rings. The van der Waals surface area contributed by atoms with E-state index in [1.54, 1.807) is 18.3 Å². The average Bonchev–Trinajstić information content (AvgIpc) is 2.78. The summed E-state index contributed by atoms with van der Waals surface area (Å²) < 4.78 is 18.6. The molecule has 0 radical (unpaired) electrons. The Balaban J connectivity index is 2.07. The molecule has 0 aliphatic heterocycles. The fourth-order valence-electron chi connectivity index (χ4n) is 1.62. The van der Waals surface area contributed by atoms with Crippen LogP contribution in [0, 0.1) is 5.82 Å². The third-order valence-corrected chi connectivity index (χ3v) is 2.48. The van der Waals surface area contributed by atoms with Crippen LogP contribution in [0.15, 0.2) is 34.9 Å². The first-order valence-corrected chi connectivity index (χ1v) is 5.65. The summed E-state index contributed by atoms with van der Waals surface area (Å²) in [7, 11) is 1.91. The van der Waals surface area contributed by atoms with Gasteiger partial charge in [-0.25, -0.2) is 9.37 Å². The standard InChI is InChI=1S/C13H15FN2O/c1-15-7-3-6-13-16-9-12(17-13)10-4-2-5-11(14)8-10/h2,4-5,8-9,15H,3,6-7H2,1H3. The van der Waals surface area contributed by atoms with Gasteiger partial charge in [-0.1, -0.05) is 12.1 Å². The van der Waals surface area contributed by atoms with Crippen LogP contribution in [0.4, 0.5) is 4.39 Å². The van der Waals surface area contributed by atoms with Crippen molar-refractivity contribution in [3.63, 3.8) is 0 Å². The quantitative estimate of drug-likeness (QED) is 0.808. The molecular formula is C13H15FN2O. The molecule has 2 aromatic rings. The second-order valence-corrected chi connectivity index (χ2v) is 3.84. The maximum absolute atomic E-state index is 13.0. The number of nitrogens with one attached hydrogen (secondary N) is 1. The summed E-state index contributed by atoms with van der Waals surface area (Å²) in [4.78, 5) is 4.18. The number of aromatic nitrogens is 1. The van der Waals surface area contributed by atoms with E-state index in [2.05, 4.69) is 10.3 Å². The maximum Gasteiger partial charge on any atom is 0.194 e. The summed E-state index contributed by atoms with van der Waals surface area (Å²) in [5.41, 5.74) is 0.720. The van der Waals surface area contributed by atoms with Crippen molar-refractivity contribution in [2.24, 2.45) is 0 Å². The van der Waals surface area contributed by atoms with E-state index >= 15 is 0 Å². The number of nitrogens with zero attached hydrogens (tertiary/aromatic N) is 1. The largest absolute Gasteiger partial charge is 0.441 e. The lowest BCUT2D eigenvalue weighted by molar-refractivity contribution is 0.495. The minimum absolute atomic E-state index is 0.268. The van der Waals surface area contributed by atoms with Crippen molar-refractivity contribution in [1.29, 1.82) is 0 Å². The maximum atomic E-state index is 13.0. The minimum atomic E-state index is -0.268. The van der Waals surface area contributed by atoms with Crippen molar-refractivity contribution in [2.45, 2.75) is 12.8 Å². The van der Waals surface area contributed by atoms with Crippen LogP contribution >= 0.6 is 0 Å². The molecule has 0 saturated heterocycles. The number of hydrogen-bond donors (Lipinski definition) is 1. The summed E-state index contributed by atoms with van der Waals surface area (Å²) in [6, 6.07) is 6.32. The fourth-order valence-corrected chi connectivity index (χ4v) is 1.62. The summed E-state index contributed by atoms with van der Waals surface area (Å²) in [6.45, 7) is 0.928. The van der Waals surface area contributed by atoms with E-state index in [1.807, 2.05) is 7.05 Å². The lowest BCUT2D eigenvalue weighted by atomic mass is 10.2. The van der Waals surface area contributed by atoms with E-state index < -0.39 is 0 Å². The molecule has 90 valence electrons. The minimum Gasteiger partial charge on any atom is -0.441 e. The van der Waals surface area contributed by atoms with Gasteiger partial charge >= 0.3 is 0 Å². The molecule has 0 bridgehead atoms. The number of hydrogen-bond acceptors (Lipinski definition) is 3. The smallest absolute Gasteiger partial charge is 0.194 e. The second-order valence-electron chi connectivity index (χ2n) is 3.84. The number of oxazole rings is 1. The van der Waals surface area contributed by atoms with Gasteiger partial charge in [0.15, 0.2) is 11.7 Å². The molecule has 1 N–H and O–H groups in total. The van der Waals surface area contributed by atoms with Gasteiger partial charge < -0.3 is 9.73 Å². The molecule has 0 amide bonds. The molecule has 4 heteroatoms. The highest BCUT2D eigenvalue weighted by atomic mass is 19.1. The third kappa shape index (κ3) is 3.14. The van der Waals surface area contributed by atoms with Crippen LogP contribution in [-0.2, 0) is 6.42 Å². The van der Waals surface area contributed by atoms with Gasteiger partial charge in [0.1, 0.15) is 5.82 Å². The molecule has 1 heterocycles. The second kappa shape index (κ2) is 5.59. The Labute approximate surface area is 99.7 Å². The topological polar surface area (TPSA) is 38.1 Å². The molecule has 0 aliphatic carbocycles. The zero-order valence-electron chi connectivity index (χ0n) is 9.74. The monoisotopic (exact) mass is 234 g/mol. The van der Waals surface area contributed by atoms with Crippen molar-refractivity contribution in [3.8, 4) is 11.3 Å². The zero-order chi connectivity index (χ0) is 12.1. The number of halogens is 1. The molecular weight excluding hydrogens is 219 g/mol. The highest BCUT2D eigenvalue weighted by molar-refractivity contribution is 5.56. The summed E-state index contributed by atoms with van der Waals surface area (Å²) in [6.07, 6.45) is 3.40. The Bertz CT molecular complexity index is 482. The number of aryl methyl sites for hydroxylation is 1. The summed E-state index contributed by atoms with van der Waals surface area (Å²) >= 11 is 0. The van der Waals surface area contributed by atoms with Crippen LogP contribution in [-0.4, -0.2) is 18.6 Å². The van der Waals surface area contributed by atoms with Crippen LogP contribution in [0.1, 0.15) is 12.3 Å². The van der Waals surface area contributed by atoms with Gasteiger partial charge in [-0.2, -0.15) is 0 Å². The van der Waals surface area contributed by atoms with Gasteiger partial charge in [-0.05, 0) is 32.1 Å². The first-order chi connectivity index (χ1) is 8.29. The molecule has 2 rings (SSSR count). The van der Waals surface area contributed by atoms with E-state index in [0.717, 1.165) is 24.9 Å². The van der Waals surface area contributed by atoms with E-state index in [1.165, 1.54) is 12.1 Å². The Kier molecular flexibility index (Phi) is 3.88. The Morgan fingerprint density at radius 1 is 1.41 bits per heavy atom. The van der Waals surface area contributed by atoms with Gasteiger partial charge in [0, 0.05) is 12.0 Å². The zero-order valence-corrected chi connectivity index (χ0v) is 9.74. The van der Waals surface area contributed by atoms with Crippen molar-refractivity contribution >= 4 is 0 Å². The van der Waals surface area contributed by atoms with Crippen LogP contribution in [0.2, 0.25) is 0 Å². The highest BCUT2D eigenvalue weighted by Crippen LogP contribution is 2.21. The summed E-state index contributed by atoms with van der Waals surface area (Å²) in [5.74, 6) is 1.04.